The Labute approximate surface area is 90.7 Å². The average Bonchev–Trinajstić information content (AvgIpc) is 2.00. The molecule has 0 aliphatic carbocycles. The molecule has 0 saturated carbocycles. The second kappa shape index (κ2) is 6.04. The van der Waals surface area contributed by atoms with Gasteiger partial charge in [-0.05, 0) is 5.92 Å². The third-order valence-corrected chi connectivity index (χ3v) is 3.49. The number of hydrogen-bond acceptors (Lipinski definition) is 4. The summed E-state index contributed by atoms with van der Waals surface area (Å²) in [5.41, 5.74) is 10.2. The number of primary amides is 1. The molecule has 90 valence electrons. The van der Waals surface area contributed by atoms with E-state index in [0.29, 0.717) is 0 Å². The molecule has 0 atom stereocenters. The van der Waals surface area contributed by atoms with Crippen LogP contribution in [-0.2, 0) is 14.8 Å². The van der Waals surface area contributed by atoms with Crippen LogP contribution in [0.5, 0.6) is 0 Å². The summed E-state index contributed by atoms with van der Waals surface area (Å²) in [5.74, 6) is -0.680. The Bertz CT molecular complexity index is 300. The summed E-state index contributed by atoms with van der Waals surface area (Å²) in [6.45, 7) is 3.78. The predicted octanol–water partition coefficient (Wildman–Crippen LogP) is -1.28. The van der Waals surface area contributed by atoms with Crippen LogP contribution in [0, 0.1) is 5.92 Å². The molecular weight excluding hydrogens is 218 g/mol. The van der Waals surface area contributed by atoms with E-state index in [1.165, 1.54) is 0 Å². The Balaban J connectivity index is 4.68. The van der Waals surface area contributed by atoms with Gasteiger partial charge in [-0.15, -0.1) is 0 Å². The van der Waals surface area contributed by atoms with Crippen LogP contribution < -0.4 is 11.5 Å². The molecule has 0 aromatic heterocycles. The minimum atomic E-state index is -3.46. The van der Waals surface area contributed by atoms with E-state index >= 15 is 0 Å². The van der Waals surface area contributed by atoms with Gasteiger partial charge in [0.25, 0.3) is 0 Å². The molecule has 6 nitrogen and oxygen atoms in total. The molecule has 15 heavy (non-hydrogen) atoms. The van der Waals surface area contributed by atoms with Crippen molar-refractivity contribution in [3.8, 4) is 0 Å². The molecule has 0 bridgehead atoms. The van der Waals surface area contributed by atoms with Crippen molar-refractivity contribution < 1.29 is 13.2 Å². The van der Waals surface area contributed by atoms with Crippen molar-refractivity contribution in [1.29, 1.82) is 0 Å². The quantitative estimate of drug-likeness (QED) is 0.575. The van der Waals surface area contributed by atoms with E-state index in [4.69, 9.17) is 11.5 Å². The van der Waals surface area contributed by atoms with Crippen LogP contribution >= 0.6 is 0 Å². The van der Waals surface area contributed by atoms with Gasteiger partial charge < -0.3 is 11.5 Å². The van der Waals surface area contributed by atoms with Gasteiger partial charge in [0.05, 0.1) is 12.3 Å². The monoisotopic (exact) mass is 237 g/mol. The Hall–Kier alpha value is -0.660. The van der Waals surface area contributed by atoms with Gasteiger partial charge in [-0.1, -0.05) is 13.8 Å². The molecule has 7 heteroatoms. The highest BCUT2D eigenvalue weighted by molar-refractivity contribution is 7.89. The highest BCUT2D eigenvalue weighted by atomic mass is 32.2. The normalized spacial score (nSPS) is 12.3. The van der Waals surface area contributed by atoms with Gasteiger partial charge in [0.1, 0.15) is 0 Å². The zero-order chi connectivity index (χ0) is 12.1. The van der Waals surface area contributed by atoms with Gasteiger partial charge in [-0.2, -0.15) is 4.31 Å². The van der Waals surface area contributed by atoms with Gasteiger partial charge in [0.15, 0.2) is 0 Å². The van der Waals surface area contributed by atoms with Crippen LogP contribution in [0.15, 0.2) is 0 Å². The van der Waals surface area contributed by atoms with Crippen molar-refractivity contribution >= 4 is 15.9 Å². The third-order valence-electron chi connectivity index (χ3n) is 1.67. The summed E-state index contributed by atoms with van der Waals surface area (Å²) in [6.07, 6.45) is 0. The Morgan fingerprint density at radius 3 is 2.27 bits per heavy atom. The number of sulfonamides is 1. The van der Waals surface area contributed by atoms with Gasteiger partial charge in [0.2, 0.25) is 15.9 Å². The summed E-state index contributed by atoms with van der Waals surface area (Å²) < 4.78 is 24.4. The molecular formula is C8H19N3O3S. The van der Waals surface area contributed by atoms with E-state index in [0.717, 1.165) is 4.31 Å². The molecule has 0 aromatic carbocycles. The lowest BCUT2D eigenvalue weighted by Crippen LogP contribution is -2.42. The predicted molar refractivity (Wildman–Crippen MR) is 58.4 cm³/mol. The maximum absolute atomic E-state index is 11.6. The van der Waals surface area contributed by atoms with Crippen molar-refractivity contribution in [1.82, 2.24) is 4.31 Å². The van der Waals surface area contributed by atoms with Gasteiger partial charge in [-0.25, -0.2) is 8.42 Å². The van der Waals surface area contributed by atoms with Crippen molar-refractivity contribution in [2.24, 2.45) is 17.4 Å². The zero-order valence-corrected chi connectivity index (χ0v) is 9.96. The lowest BCUT2D eigenvalue weighted by molar-refractivity contribution is -0.118. The van der Waals surface area contributed by atoms with Crippen molar-refractivity contribution in [2.75, 3.05) is 25.4 Å². The third kappa shape index (κ3) is 5.71. The maximum Gasteiger partial charge on any atom is 0.232 e. The van der Waals surface area contributed by atoms with E-state index in [2.05, 4.69) is 0 Å². The van der Waals surface area contributed by atoms with Crippen molar-refractivity contribution in [2.45, 2.75) is 13.8 Å². The molecule has 0 aromatic rings. The van der Waals surface area contributed by atoms with E-state index in [9.17, 15) is 13.2 Å². The Kier molecular flexibility index (Phi) is 5.77. The van der Waals surface area contributed by atoms with Crippen LogP contribution in [0.2, 0.25) is 0 Å². The molecule has 0 radical (unpaired) electrons. The number of nitrogens with two attached hydrogens (primary N) is 2. The topological polar surface area (TPSA) is 106 Å². The van der Waals surface area contributed by atoms with Crippen LogP contribution in [0.4, 0.5) is 0 Å². The number of hydrogen-bond donors (Lipinski definition) is 2. The SMILES string of the molecule is CC(C)CN(CC(N)=O)S(=O)(=O)CCN. The van der Waals surface area contributed by atoms with Crippen LogP contribution in [0.25, 0.3) is 0 Å². The maximum atomic E-state index is 11.6. The first kappa shape index (κ1) is 14.3. The smallest absolute Gasteiger partial charge is 0.232 e. The molecule has 1 amide bonds. The second-order valence-corrected chi connectivity index (χ2v) is 5.85. The fraction of sp³-hybridized carbons (Fsp3) is 0.875. The fourth-order valence-electron chi connectivity index (χ4n) is 1.14. The molecule has 0 aliphatic heterocycles. The molecule has 0 heterocycles. The molecule has 0 unspecified atom stereocenters. The molecule has 0 saturated heterocycles. The Morgan fingerprint density at radius 1 is 1.40 bits per heavy atom. The number of carbonyl (C=O) groups is 1. The minimum absolute atomic E-state index is 0.0374. The highest BCUT2D eigenvalue weighted by Crippen LogP contribution is 2.05. The van der Waals surface area contributed by atoms with E-state index in [1.807, 2.05) is 13.8 Å². The summed E-state index contributed by atoms with van der Waals surface area (Å²) in [4.78, 5) is 10.7. The first-order valence-corrected chi connectivity index (χ1v) is 6.36. The van der Waals surface area contributed by atoms with Crippen LogP contribution in [0.1, 0.15) is 13.8 Å². The Morgan fingerprint density at radius 2 is 1.93 bits per heavy atom. The largest absolute Gasteiger partial charge is 0.369 e. The lowest BCUT2D eigenvalue weighted by Gasteiger charge is -2.22. The van der Waals surface area contributed by atoms with E-state index < -0.39 is 15.9 Å². The van der Waals surface area contributed by atoms with Gasteiger partial charge in [0, 0.05) is 13.1 Å². The summed E-state index contributed by atoms with van der Waals surface area (Å²) in [6, 6.07) is 0. The van der Waals surface area contributed by atoms with Gasteiger partial charge >= 0.3 is 0 Å². The standard InChI is InChI=1S/C8H19N3O3S/c1-7(2)5-11(6-8(10)12)15(13,14)4-3-9/h7H,3-6,9H2,1-2H3,(H2,10,12). The number of nitrogens with zero attached hydrogens (tertiary/aromatic N) is 1. The molecule has 0 fully saturated rings. The first-order valence-electron chi connectivity index (χ1n) is 4.75. The summed E-state index contributed by atoms with van der Waals surface area (Å²) >= 11 is 0. The first-order chi connectivity index (χ1) is 6.79. The highest BCUT2D eigenvalue weighted by Gasteiger charge is 2.23. The zero-order valence-electron chi connectivity index (χ0n) is 9.14. The van der Waals surface area contributed by atoms with Crippen LogP contribution in [0.3, 0.4) is 0 Å². The molecule has 0 rings (SSSR count). The fourth-order valence-corrected chi connectivity index (χ4v) is 2.54. The average molecular weight is 237 g/mol. The molecule has 0 spiro atoms. The van der Waals surface area contributed by atoms with Gasteiger partial charge in [-0.3, -0.25) is 4.79 Å². The second-order valence-electron chi connectivity index (χ2n) is 3.76. The summed E-state index contributed by atoms with van der Waals surface area (Å²) in [5, 5.41) is 0. The number of amides is 1. The minimum Gasteiger partial charge on any atom is -0.369 e. The van der Waals surface area contributed by atoms with Crippen molar-refractivity contribution in [3.63, 3.8) is 0 Å². The van der Waals surface area contributed by atoms with Crippen molar-refractivity contribution in [3.05, 3.63) is 0 Å². The van der Waals surface area contributed by atoms with Crippen LogP contribution in [-0.4, -0.2) is 44.0 Å². The lowest BCUT2D eigenvalue weighted by atomic mass is 10.2. The number of carbonyl (C=O) groups excluding carboxylic acids is 1. The van der Waals surface area contributed by atoms with E-state index in [1.54, 1.807) is 0 Å². The number of rotatable bonds is 7. The molecule has 0 aliphatic rings. The molecule has 4 N–H and O–H groups in total. The summed E-state index contributed by atoms with van der Waals surface area (Å²) in [7, 11) is -3.46. The van der Waals surface area contributed by atoms with E-state index in [-0.39, 0.29) is 31.3 Å².